The molecule has 1 aliphatic rings. The summed E-state index contributed by atoms with van der Waals surface area (Å²) in [4.78, 5) is 0. The van der Waals surface area contributed by atoms with E-state index in [4.69, 9.17) is 4.74 Å². The van der Waals surface area contributed by atoms with Crippen LogP contribution in [0.1, 0.15) is 22.3 Å². The molecule has 1 N–H and O–H groups in total. The molecule has 0 aliphatic heterocycles. The molecule has 2 heteroatoms. The summed E-state index contributed by atoms with van der Waals surface area (Å²) in [6, 6.07) is 25.5. The number of hydrogen-bond acceptors (Lipinski definition) is 2. The summed E-state index contributed by atoms with van der Waals surface area (Å²) in [7, 11) is 0. The van der Waals surface area contributed by atoms with E-state index in [1.54, 1.807) is 0 Å². The predicted octanol–water partition coefficient (Wildman–Crippen LogP) is 3.91. The normalized spacial score (nSPS) is 13.8. The van der Waals surface area contributed by atoms with Gasteiger partial charge in [0.1, 0.15) is 12.4 Å². The highest BCUT2D eigenvalue weighted by atomic mass is 16.5. The lowest BCUT2D eigenvalue weighted by molar-refractivity contribution is 0.140. The smallest absolute Gasteiger partial charge is 0.177 e. The van der Waals surface area contributed by atoms with Gasteiger partial charge in [0.25, 0.3) is 0 Å². The average Bonchev–Trinajstić information content (AvgIpc) is 2.67. The number of aliphatic hydroxyl groups is 1. The molecule has 0 fully saturated rings. The Hall–Kier alpha value is -3.02. The van der Waals surface area contributed by atoms with Crippen LogP contribution < -0.4 is 4.74 Å². The third-order valence-corrected chi connectivity index (χ3v) is 4.52. The van der Waals surface area contributed by atoms with Crippen molar-refractivity contribution in [1.29, 1.82) is 0 Å². The lowest BCUT2D eigenvalue weighted by Crippen LogP contribution is -2.31. The van der Waals surface area contributed by atoms with Crippen molar-refractivity contribution in [2.75, 3.05) is 6.61 Å². The Morgan fingerprint density at radius 3 is 2.00 bits per heavy atom. The van der Waals surface area contributed by atoms with Crippen molar-refractivity contribution in [3.05, 3.63) is 101 Å². The van der Waals surface area contributed by atoms with Crippen LogP contribution in [0.3, 0.4) is 0 Å². The minimum Gasteiger partial charge on any atom is -0.481 e. The van der Waals surface area contributed by atoms with Crippen LogP contribution in [0.15, 0.2) is 78.9 Å². The molecule has 1 aliphatic carbocycles. The van der Waals surface area contributed by atoms with Gasteiger partial charge in [0.15, 0.2) is 5.60 Å². The van der Waals surface area contributed by atoms with Gasteiger partial charge in [0.05, 0.1) is 0 Å². The van der Waals surface area contributed by atoms with Gasteiger partial charge in [0, 0.05) is 11.1 Å². The van der Waals surface area contributed by atoms with Gasteiger partial charge in [-0.15, -0.1) is 0 Å². The minimum absolute atomic E-state index is 0.233. The van der Waals surface area contributed by atoms with E-state index in [-0.39, 0.29) is 6.61 Å². The van der Waals surface area contributed by atoms with E-state index in [9.17, 15) is 5.11 Å². The van der Waals surface area contributed by atoms with Gasteiger partial charge in [-0.3, -0.25) is 0 Å². The molecule has 3 aromatic carbocycles. The number of ether oxygens (including phenoxy) is 1. The van der Waals surface area contributed by atoms with Crippen LogP contribution in [0.5, 0.6) is 5.75 Å². The molecule has 0 aromatic heterocycles. The maximum atomic E-state index is 11.4. The quantitative estimate of drug-likeness (QED) is 0.724. The summed E-state index contributed by atoms with van der Waals surface area (Å²) in [6.07, 6.45) is 0.816. The molecule has 0 atom stereocenters. The third-order valence-electron chi connectivity index (χ3n) is 4.52. The molecule has 0 bridgehead atoms. The number of rotatable bonds is 2. The number of benzene rings is 3. The highest BCUT2D eigenvalue weighted by molar-refractivity contribution is 5.56. The van der Waals surface area contributed by atoms with Crippen molar-refractivity contribution < 1.29 is 9.84 Å². The van der Waals surface area contributed by atoms with Gasteiger partial charge in [-0.05, 0) is 29.7 Å². The summed E-state index contributed by atoms with van der Waals surface area (Å²) in [5.74, 6) is 6.84. The van der Waals surface area contributed by atoms with E-state index >= 15 is 0 Å². The standard InChI is InChI=1S/C23H18O2/c24-23(15-8-16-25-20-11-2-1-3-12-20)21-13-6-4-9-18(21)17-19-10-5-7-14-22(19)23/h1-7,9-14,24H,16-17H2. The van der Waals surface area contributed by atoms with Gasteiger partial charge >= 0.3 is 0 Å². The van der Waals surface area contributed by atoms with Crippen molar-refractivity contribution in [2.45, 2.75) is 12.0 Å². The first kappa shape index (κ1) is 15.5. The molecule has 3 aromatic rings. The van der Waals surface area contributed by atoms with Gasteiger partial charge in [0.2, 0.25) is 0 Å². The fourth-order valence-electron chi connectivity index (χ4n) is 3.34. The molecular formula is C23H18O2. The number of hydrogen-bond donors (Lipinski definition) is 1. The predicted molar refractivity (Wildman–Crippen MR) is 98.4 cm³/mol. The van der Waals surface area contributed by atoms with Crippen LogP contribution in [0, 0.1) is 11.8 Å². The molecule has 0 unspecified atom stereocenters. The van der Waals surface area contributed by atoms with E-state index in [2.05, 4.69) is 24.0 Å². The average molecular weight is 326 g/mol. The Balaban J connectivity index is 1.67. The van der Waals surface area contributed by atoms with E-state index in [0.717, 1.165) is 34.4 Å². The van der Waals surface area contributed by atoms with E-state index in [0.29, 0.717) is 0 Å². The highest BCUT2D eigenvalue weighted by Crippen LogP contribution is 2.39. The third kappa shape index (κ3) is 2.91. The maximum Gasteiger partial charge on any atom is 0.177 e. The lowest BCUT2D eigenvalue weighted by Gasteiger charge is -2.32. The molecule has 122 valence electrons. The van der Waals surface area contributed by atoms with Gasteiger partial charge in [-0.25, -0.2) is 0 Å². The van der Waals surface area contributed by atoms with Crippen LogP contribution in [0.4, 0.5) is 0 Å². The topological polar surface area (TPSA) is 29.5 Å². The zero-order chi connectivity index (χ0) is 17.1. The highest BCUT2D eigenvalue weighted by Gasteiger charge is 2.36. The molecule has 4 rings (SSSR count). The van der Waals surface area contributed by atoms with E-state index in [1.807, 2.05) is 66.7 Å². The molecule has 25 heavy (non-hydrogen) atoms. The van der Waals surface area contributed by atoms with Crippen LogP contribution in [-0.4, -0.2) is 11.7 Å². The Morgan fingerprint density at radius 1 is 0.800 bits per heavy atom. The Morgan fingerprint density at radius 2 is 1.36 bits per heavy atom. The molecule has 0 amide bonds. The SMILES string of the molecule is OC1(C#CCOc2ccccc2)c2ccccc2Cc2ccccc21. The number of para-hydroxylation sites is 1. The van der Waals surface area contributed by atoms with Crippen molar-refractivity contribution in [3.63, 3.8) is 0 Å². The van der Waals surface area contributed by atoms with Crippen molar-refractivity contribution >= 4 is 0 Å². The summed E-state index contributed by atoms with van der Waals surface area (Å²) in [6.45, 7) is 0.233. The van der Waals surface area contributed by atoms with Crippen LogP contribution >= 0.6 is 0 Å². The van der Waals surface area contributed by atoms with Crippen molar-refractivity contribution in [1.82, 2.24) is 0 Å². The molecule has 0 saturated heterocycles. The lowest BCUT2D eigenvalue weighted by atomic mass is 9.75. The second-order valence-corrected chi connectivity index (χ2v) is 6.10. The fourth-order valence-corrected chi connectivity index (χ4v) is 3.34. The zero-order valence-corrected chi connectivity index (χ0v) is 13.8. The Labute approximate surface area is 147 Å². The maximum absolute atomic E-state index is 11.4. The van der Waals surface area contributed by atoms with Crippen molar-refractivity contribution in [3.8, 4) is 17.6 Å². The van der Waals surface area contributed by atoms with Crippen LogP contribution in [-0.2, 0) is 12.0 Å². The Bertz CT molecular complexity index is 903. The number of fused-ring (bicyclic) bond motifs is 2. The van der Waals surface area contributed by atoms with E-state index in [1.165, 1.54) is 0 Å². The molecular weight excluding hydrogens is 308 g/mol. The van der Waals surface area contributed by atoms with Gasteiger partial charge in [-0.2, -0.15) is 0 Å². The second kappa shape index (κ2) is 6.47. The minimum atomic E-state index is -1.30. The van der Waals surface area contributed by atoms with Crippen molar-refractivity contribution in [2.24, 2.45) is 0 Å². The molecule has 0 heterocycles. The summed E-state index contributed by atoms with van der Waals surface area (Å²) < 4.78 is 5.63. The largest absolute Gasteiger partial charge is 0.481 e. The molecule has 0 saturated carbocycles. The van der Waals surface area contributed by atoms with Crippen LogP contribution in [0.2, 0.25) is 0 Å². The fraction of sp³-hybridized carbons (Fsp3) is 0.130. The zero-order valence-electron chi connectivity index (χ0n) is 13.8. The first-order chi connectivity index (χ1) is 12.3. The summed E-state index contributed by atoms with van der Waals surface area (Å²) in [5, 5.41) is 11.4. The molecule has 2 nitrogen and oxygen atoms in total. The summed E-state index contributed by atoms with van der Waals surface area (Å²) >= 11 is 0. The monoisotopic (exact) mass is 326 g/mol. The second-order valence-electron chi connectivity index (χ2n) is 6.10. The molecule has 0 spiro atoms. The summed E-state index contributed by atoms with van der Waals surface area (Å²) in [5.41, 5.74) is 2.65. The first-order valence-electron chi connectivity index (χ1n) is 8.34. The van der Waals surface area contributed by atoms with Gasteiger partial charge < -0.3 is 9.84 Å². The van der Waals surface area contributed by atoms with E-state index < -0.39 is 5.60 Å². The molecule has 0 radical (unpaired) electrons. The van der Waals surface area contributed by atoms with Crippen LogP contribution in [0.25, 0.3) is 0 Å². The van der Waals surface area contributed by atoms with Gasteiger partial charge in [-0.1, -0.05) is 78.6 Å². The first-order valence-corrected chi connectivity index (χ1v) is 8.34. The Kier molecular flexibility index (Phi) is 4.01.